The van der Waals surface area contributed by atoms with Gasteiger partial charge in [0, 0.05) is 35.7 Å². The number of hydrogen-bond acceptors (Lipinski definition) is 8. The summed E-state index contributed by atoms with van der Waals surface area (Å²) in [5.74, 6) is -4.51. The first-order valence-corrected chi connectivity index (χ1v) is 8.48. The molecular weight excluding hydrogens is 404 g/mol. The molecule has 2 heterocycles. The van der Waals surface area contributed by atoms with E-state index in [-0.39, 0.29) is 0 Å². The maximum absolute atomic E-state index is 10.3. The van der Waals surface area contributed by atoms with Crippen molar-refractivity contribution in [2.75, 3.05) is 0 Å². The van der Waals surface area contributed by atoms with E-state index in [1.165, 1.54) is 12.7 Å². The van der Waals surface area contributed by atoms with Crippen LogP contribution in [-0.4, -0.2) is 66.1 Å². The molecule has 2 aromatic rings. The van der Waals surface area contributed by atoms with Crippen molar-refractivity contribution in [1.29, 1.82) is 0 Å². The molecule has 0 aliphatic carbocycles. The molecule has 2 atom stereocenters. The molecule has 0 unspecified atom stereocenters. The summed E-state index contributed by atoms with van der Waals surface area (Å²) in [6.07, 6.45) is 6.09. The fraction of sp³-hybridized carbons (Fsp3) is 0.375. The molecule has 0 aromatic carbocycles. The van der Waals surface area contributed by atoms with E-state index in [0.717, 1.165) is 11.4 Å². The number of aromatic nitrogens is 4. The van der Waals surface area contributed by atoms with Gasteiger partial charge in [-0.15, -0.1) is 0 Å². The number of imidazole rings is 2. The number of nitrogens with zero attached hydrogens (tertiary/aromatic N) is 2. The Bertz CT molecular complexity index is 712. The van der Waals surface area contributed by atoms with E-state index in [0.29, 0.717) is 12.8 Å². The Balaban J connectivity index is 0.000000428. The van der Waals surface area contributed by atoms with E-state index >= 15 is 0 Å². The molecule has 0 saturated carbocycles. The van der Waals surface area contributed by atoms with Crippen molar-refractivity contribution in [3.63, 3.8) is 0 Å². The van der Waals surface area contributed by atoms with Crippen molar-refractivity contribution < 1.29 is 51.1 Å². The van der Waals surface area contributed by atoms with Crippen LogP contribution >= 0.6 is 0 Å². The maximum atomic E-state index is 10.3. The summed E-state index contributed by atoms with van der Waals surface area (Å²) in [5.41, 5.74) is 8.53. The number of carboxylic acids is 4. The summed E-state index contributed by atoms with van der Waals surface area (Å²) in [5, 5.41) is 36.0. The molecule has 0 aliphatic heterocycles. The highest BCUT2D eigenvalue weighted by Crippen LogP contribution is 1.95. The molecule has 0 amide bonds. The number of rotatable bonds is 9. The minimum absolute atomic E-state index is 0.398. The second kappa shape index (κ2) is 14.3. The molecule has 2 aromatic heterocycles. The largest absolute Gasteiger partial charge is 0.550 e. The zero-order valence-corrected chi connectivity index (χ0v) is 15.9. The van der Waals surface area contributed by atoms with Gasteiger partial charge in [0.1, 0.15) is 0 Å². The molecule has 0 bridgehead atoms. The van der Waals surface area contributed by atoms with Crippen LogP contribution in [0.4, 0.5) is 0 Å². The van der Waals surface area contributed by atoms with Gasteiger partial charge in [0.05, 0.1) is 25.5 Å². The number of aliphatic carboxylic acids is 4. The minimum atomic E-state index is -1.37. The van der Waals surface area contributed by atoms with Crippen molar-refractivity contribution >= 4 is 23.9 Å². The number of nitrogens with one attached hydrogen (secondary N) is 2. The fourth-order valence-corrected chi connectivity index (χ4v) is 1.70. The number of carbonyl (C=O) groups is 4. The van der Waals surface area contributed by atoms with Gasteiger partial charge in [0.15, 0.2) is 12.1 Å². The van der Waals surface area contributed by atoms with Crippen LogP contribution in [0.25, 0.3) is 0 Å². The molecule has 10 N–H and O–H groups in total. The van der Waals surface area contributed by atoms with Crippen molar-refractivity contribution in [3.05, 3.63) is 36.4 Å². The summed E-state index contributed by atoms with van der Waals surface area (Å²) in [6, 6.07) is -1.20. The summed E-state index contributed by atoms with van der Waals surface area (Å²) in [7, 11) is 0. The predicted octanol–water partition coefficient (Wildman–Crippen LogP) is -5.44. The lowest BCUT2D eigenvalue weighted by Gasteiger charge is -2.00. The molecule has 0 saturated heterocycles. The highest BCUT2D eigenvalue weighted by molar-refractivity contribution is 5.73. The number of quaternary nitrogens is 2. The van der Waals surface area contributed by atoms with Crippen LogP contribution in [0.1, 0.15) is 24.2 Å². The van der Waals surface area contributed by atoms with Gasteiger partial charge in [-0.3, -0.25) is 0 Å². The Hall–Kier alpha value is -3.78. The van der Waals surface area contributed by atoms with E-state index in [1.54, 1.807) is 12.4 Å². The third-order valence-corrected chi connectivity index (χ3v) is 3.27. The van der Waals surface area contributed by atoms with Crippen molar-refractivity contribution in [3.8, 4) is 0 Å². The average molecular weight is 428 g/mol. The number of carboxylic acid groups (broad SMARTS) is 4. The molecular formula is C16H24N6O8. The SMILES string of the molecule is O=C([O-])CCC(=O)[O-].[NH3+][C@@H](Cc1cnc[nH]1)C(=O)O.[NH3+][C@@H](Cc1cnc[nH]1)C(=O)O. The van der Waals surface area contributed by atoms with Gasteiger partial charge in [0.25, 0.3) is 0 Å². The second-order valence-electron chi connectivity index (χ2n) is 5.88. The van der Waals surface area contributed by atoms with Crippen LogP contribution in [0, 0.1) is 0 Å². The van der Waals surface area contributed by atoms with Crippen LogP contribution in [0.15, 0.2) is 25.0 Å². The molecule has 0 radical (unpaired) electrons. The van der Waals surface area contributed by atoms with Gasteiger partial charge in [-0.1, -0.05) is 0 Å². The Morgan fingerprint density at radius 3 is 1.37 bits per heavy atom. The molecule has 0 spiro atoms. The van der Waals surface area contributed by atoms with Crippen LogP contribution in [0.5, 0.6) is 0 Å². The maximum Gasteiger partial charge on any atom is 0.362 e. The zero-order chi connectivity index (χ0) is 23.1. The highest BCUT2D eigenvalue weighted by atomic mass is 16.4. The average Bonchev–Trinajstić information content (AvgIpc) is 3.35. The van der Waals surface area contributed by atoms with Crippen LogP contribution in [-0.2, 0) is 32.0 Å². The summed E-state index contributed by atoms with van der Waals surface area (Å²) in [4.78, 5) is 52.8. The third-order valence-electron chi connectivity index (χ3n) is 3.27. The Kier molecular flexibility index (Phi) is 12.5. The van der Waals surface area contributed by atoms with Crippen molar-refractivity contribution in [1.82, 2.24) is 19.9 Å². The van der Waals surface area contributed by atoms with Crippen LogP contribution in [0.2, 0.25) is 0 Å². The van der Waals surface area contributed by atoms with Gasteiger partial charge in [-0.25, -0.2) is 19.6 Å². The second-order valence-corrected chi connectivity index (χ2v) is 5.88. The number of H-pyrrole nitrogens is 2. The first-order chi connectivity index (χ1) is 14.0. The zero-order valence-electron chi connectivity index (χ0n) is 15.9. The van der Waals surface area contributed by atoms with E-state index in [2.05, 4.69) is 31.4 Å². The van der Waals surface area contributed by atoms with Crippen LogP contribution in [0.3, 0.4) is 0 Å². The lowest BCUT2D eigenvalue weighted by molar-refractivity contribution is -0.407. The van der Waals surface area contributed by atoms with Crippen molar-refractivity contribution in [2.45, 2.75) is 37.8 Å². The number of hydrogen-bond donors (Lipinski definition) is 6. The first kappa shape index (κ1) is 26.2. The highest BCUT2D eigenvalue weighted by Gasteiger charge is 2.16. The summed E-state index contributed by atoms with van der Waals surface area (Å²) < 4.78 is 0. The van der Waals surface area contributed by atoms with Gasteiger partial charge >= 0.3 is 11.9 Å². The van der Waals surface area contributed by atoms with Gasteiger partial charge in [-0.05, 0) is 12.8 Å². The van der Waals surface area contributed by atoms with E-state index in [4.69, 9.17) is 10.2 Å². The number of aromatic amines is 2. The monoisotopic (exact) mass is 428 g/mol. The molecule has 14 nitrogen and oxygen atoms in total. The van der Waals surface area contributed by atoms with Crippen LogP contribution < -0.4 is 21.7 Å². The summed E-state index contributed by atoms with van der Waals surface area (Å²) >= 11 is 0. The standard InChI is InChI=1S/2C6H9N3O2.C4H6O4/c2*7-5(6(10)11)1-4-2-8-3-9-4;5-3(6)1-2-4(7)8/h2*2-3,5H,1,7H2,(H,8,9)(H,10,11);1-2H2,(H,5,6)(H,7,8)/t2*5-;/m00./s1. The number of carbonyl (C=O) groups excluding carboxylic acids is 2. The van der Waals surface area contributed by atoms with E-state index in [9.17, 15) is 29.4 Å². The normalized spacial score (nSPS) is 11.7. The minimum Gasteiger partial charge on any atom is -0.550 e. The van der Waals surface area contributed by atoms with Crippen molar-refractivity contribution in [2.24, 2.45) is 0 Å². The Labute approximate surface area is 170 Å². The molecule has 166 valence electrons. The van der Waals surface area contributed by atoms with E-state index < -0.39 is 48.8 Å². The Morgan fingerprint density at radius 1 is 0.833 bits per heavy atom. The molecule has 2 rings (SSSR count). The predicted molar refractivity (Wildman–Crippen MR) is 92.5 cm³/mol. The van der Waals surface area contributed by atoms with Gasteiger partial charge in [0.2, 0.25) is 0 Å². The lowest BCUT2D eigenvalue weighted by Crippen LogP contribution is -2.66. The molecule has 0 fully saturated rings. The fourth-order valence-electron chi connectivity index (χ4n) is 1.70. The third kappa shape index (κ3) is 13.4. The molecule has 0 aliphatic rings. The van der Waals surface area contributed by atoms with Gasteiger partial charge < -0.3 is 51.5 Å². The van der Waals surface area contributed by atoms with Gasteiger partial charge in [-0.2, -0.15) is 0 Å². The lowest BCUT2D eigenvalue weighted by atomic mass is 10.2. The summed E-state index contributed by atoms with van der Waals surface area (Å²) in [6.45, 7) is 0. The first-order valence-electron chi connectivity index (χ1n) is 8.48. The van der Waals surface area contributed by atoms with E-state index in [1.807, 2.05) is 0 Å². The molecule has 14 heteroatoms. The Morgan fingerprint density at radius 2 is 1.17 bits per heavy atom. The quantitative estimate of drug-likeness (QED) is 0.220. The smallest absolute Gasteiger partial charge is 0.362 e. The molecule has 30 heavy (non-hydrogen) atoms. The topological polar surface area (TPSA) is 267 Å².